The SMILES string of the molecule is CCOC(=O)c1nn(-c2cnccn2)c2c1CCCC2(F)F. The van der Waals surface area contributed by atoms with Crippen LogP contribution in [0, 0.1) is 0 Å². The fourth-order valence-electron chi connectivity index (χ4n) is 2.60. The van der Waals surface area contributed by atoms with E-state index in [0.29, 0.717) is 12.8 Å². The van der Waals surface area contributed by atoms with Crippen LogP contribution in [-0.2, 0) is 17.1 Å². The number of esters is 1. The summed E-state index contributed by atoms with van der Waals surface area (Å²) in [6, 6.07) is 0. The van der Waals surface area contributed by atoms with Gasteiger partial charge in [-0.05, 0) is 19.8 Å². The Hall–Kier alpha value is -2.38. The Labute approximate surface area is 125 Å². The predicted molar refractivity (Wildman–Crippen MR) is 71.9 cm³/mol. The van der Waals surface area contributed by atoms with Crippen molar-refractivity contribution in [2.75, 3.05) is 6.61 Å². The van der Waals surface area contributed by atoms with Gasteiger partial charge in [0, 0.05) is 24.4 Å². The highest BCUT2D eigenvalue weighted by atomic mass is 19.3. The first-order valence-electron chi connectivity index (χ1n) is 6.98. The van der Waals surface area contributed by atoms with E-state index >= 15 is 0 Å². The highest BCUT2D eigenvalue weighted by Gasteiger charge is 2.44. The zero-order valence-corrected chi connectivity index (χ0v) is 11.9. The molecule has 0 saturated heterocycles. The van der Waals surface area contributed by atoms with Crippen LogP contribution in [0.15, 0.2) is 18.6 Å². The highest BCUT2D eigenvalue weighted by Crippen LogP contribution is 2.42. The second kappa shape index (κ2) is 5.43. The molecule has 2 heterocycles. The lowest BCUT2D eigenvalue weighted by molar-refractivity contribution is -0.0283. The molecule has 0 radical (unpaired) electrons. The molecule has 0 aliphatic heterocycles. The maximum Gasteiger partial charge on any atom is 0.359 e. The third-order valence-electron chi connectivity index (χ3n) is 3.48. The molecule has 0 fully saturated rings. The molecule has 0 amide bonds. The number of fused-ring (bicyclic) bond motifs is 1. The highest BCUT2D eigenvalue weighted by molar-refractivity contribution is 5.89. The lowest BCUT2D eigenvalue weighted by atomic mass is 9.92. The molecule has 2 aromatic rings. The van der Waals surface area contributed by atoms with Crippen LogP contribution in [0.2, 0.25) is 0 Å². The normalized spacial score (nSPS) is 16.1. The Morgan fingerprint density at radius 2 is 2.27 bits per heavy atom. The molecule has 1 aliphatic carbocycles. The average Bonchev–Trinajstić information content (AvgIpc) is 2.89. The number of ether oxygens (including phenoxy) is 1. The van der Waals surface area contributed by atoms with Crippen LogP contribution in [0.25, 0.3) is 5.82 Å². The summed E-state index contributed by atoms with van der Waals surface area (Å²) in [6.07, 6.45) is 4.51. The second-order valence-corrected chi connectivity index (χ2v) is 4.93. The summed E-state index contributed by atoms with van der Waals surface area (Å²) in [4.78, 5) is 19.9. The van der Waals surface area contributed by atoms with E-state index in [-0.39, 0.29) is 35.8 Å². The lowest BCUT2D eigenvalue weighted by Gasteiger charge is -2.23. The van der Waals surface area contributed by atoms with Crippen molar-refractivity contribution in [3.63, 3.8) is 0 Å². The van der Waals surface area contributed by atoms with Crippen LogP contribution in [-0.4, -0.2) is 32.3 Å². The fraction of sp³-hybridized carbons (Fsp3) is 0.429. The van der Waals surface area contributed by atoms with Crippen molar-refractivity contribution in [3.05, 3.63) is 35.5 Å². The van der Waals surface area contributed by atoms with Gasteiger partial charge in [-0.25, -0.2) is 14.5 Å². The molecule has 0 saturated carbocycles. The van der Waals surface area contributed by atoms with Crippen molar-refractivity contribution in [3.8, 4) is 5.82 Å². The van der Waals surface area contributed by atoms with Gasteiger partial charge in [0.05, 0.1) is 12.8 Å². The van der Waals surface area contributed by atoms with Crippen LogP contribution >= 0.6 is 0 Å². The van der Waals surface area contributed by atoms with Crippen molar-refractivity contribution >= 4 is 5.97 Å². The van der Waals surface area contributed by atoms with Crippen molar-refractivity contribution in [2.45, 2.75) is 32.1 Å². The first kappa shape index (κ1) is 14.6. The summed E-state index contributed by atoms with van der Waals surface area (Å²) in [5.41, 5.74) is -0.121. The summed E-state index contributed by atoms with van der Waals surface area (Å²) in [6.45, 7) is 1.81. The van der Waals surface area contributed by atoms with Crippen LogP contribution in [0.1, 0.15) is 41.5 Å². The zero-order valence-electron chi connectivity index (χ0n) is 11.9. The number of alkyl halides is 2. The third-order valence-corrected chi connectivity index (χ3v) is 3.48. The summed E-state index contributed by atoms with van der Waals surface area (Å²) < 4.78 is 34.6. The first-order chi connectivity index (χ1) is 10.5. The van der Waals surface area contributed by atoms with E-state index in [1.807, 2.05) is 0 Å². The van der Waals surface area contributed by atoms with Crippen LogP contribution in [0.5, 0.6) is 0 Å². The molecule has 0 atom stereocenters. The molecule has 1 aliphatic rings. The van der Waals surface area contributed by atoms with Gasteiger partial charge >= 0.3 is 5.97 Å². The molecule has 0 spiro atoms. The molecule has 0 aromatic carbocycles. The van der Waals surface area contributed by atoms with Gasteiger partial charge in [0.2, 0.25) is 0 Å². The smallest absolute Gasteiger partial charge is 0.359 e. The maximum atomic E-state index is 14.3. The molecule has 8 heteroatoms. The van der Waals surface area contributed by atoms with E-state index in [4.69, 9.17) is 4.74 Å². The summed E-state index contributed by atoms with van der Waals surface area (Å²) >= 11 is 0. The second-order valence-electron chi connectivity index (χ2n) is 4.93. The Morgan fingerprint density at radius 1 is 1.45 bits per heavy atom. The van der Waals surface area contributed by atoms with Gasteiger partial charge in [0.1, 0.15) is 5.69 Å². The van der Waals surface area contributed by atoms with Gasteiger partial charge in [-0.15, -0.1) is 0 Å². The van der Waals surface area contributed by atoms with Crippen LogP contribution in [0.4, 0.5) is 8.78 Å². The number of hydrogen-bond acceptors (Lipinski definition) is 5. The Kier molecular flexibility index (Phi) is 3.59. The third kappa shape index (κ3) is 2.34. The van der Waals surface area contributed by atoms with Gasteiger partial charge in [0.25, 0.3) is 5.92 Å². The number of nitrogens with zero attached hydrogens (tertiary/aromatic N) is 4. The van der Waals surface area contributed by atoms with Crippen LogP contribution in [0.3, 0.4) is 0 Å². The Bertz CT molecular complexity index is 700. The number of halogens is 2. The van der Waals surface area contributed by atoms with Gasteiger partial charge in [-0.3, -0.25) is 4.98 Å². The predicted octanol–water partition coefficient (Wildman–Crippen LogP) is 2.27. The van der Waals surface area contributed by atoms with Crippen LogP contribution < -0.4 is 0 Å². The molecule has 0 N–H and O–H groups in total. The van der Waals surface area contributed by atoms with E-state index in [9.17, 15) is 13.6 Å². The number of carbonyl (C=O) groups excluding carboxylic acids is 1. The monoisotopic (exact) mass is 308 g/mol. The Balaban J connectivity index is 2.20. The standard InChI is InChI=1S/C14H14F2N4O2/c1-2-22-13(21)11-9-4-3-5-14(15,16)12(9)20(19-11)10-8-17-6-7-18-10/h6-8H,2-5H2,1H3. The molecular formula is C14H14F2N4O2. The largest absolute Gasteiger partial charge is 0.461 e. The molecule has 6 nitrogen and oxygen atoms in total. The van der Waals surface area contributed by atoms with Gasteiger partial charge in [-0.2, -0.15) is 13.9 Å². The minimum atomic E-state index is -3.07. The van der Waals surface area contributed by atoms with E-state index in [2.05, 4.69) is 15.1 Å². The van der Waals surface area contributed by atoms with Gasteiger partial charge in [0.15, 0.2) is 11.5 Å². The lowest BCUT2D eigenvalue weighted by Crippen LogP contribution is -2.24. The molecule has 116 valence electrons. The number of aromatic nitrogens is 4. The van der Waals surface area contributed by atoms with Crippen molar-refractivity contribution < 1.29 is 18.3 Å². The molecule has 2 aromatic heterocycles. The van der Waals surface area contributed by atoms with E-state index in [1.54, 1.807) is 6.92 Å². The quantitative estimate of drug-likeness (QED) is 0.814. The first-order valence-corrected chi connectivity index (χ1v) is 6.98. The molecule has 0 bridgehead atoms. The number of hydrogen-bond donors (Lipinski definition) is 0. The molecule has 0 unspecified atom stereocenters. The Morgan fingerprint density at radius 3 is 2.95 bits per heavy atom. The topological polar surface area (TPSA) is 69.9 Å². The molecule has 3 rings (SSSR count). The summed E-state index contributed by atoms with van der Waals surface area (Å²) in [5, 5.41) is 4.04. The maximum absolute atomic E-state index is 14.3. The van der Waals surface area contributed by atoms with E-state index < -0.39 is 11.9 Å². The molecular weight excluding hydrogens is 294 g/mol. The fourth-order valence-corrected chi connectivity index (χ4v) is 2.60. The average molecular weight is 308 g/mol. The van der Waals surface area contributed by atoms with E-state index in [1.165, 1.54) is 18.6 Å². The van der Waals surface area contributed by atoms with Crippen molar-refractivity contribution in [2.24, 2.45) is 0 Å². The summed E-state index contributed by atoms with van der Waals surface area (Å²) in [5.74, 6) is -3.61. The summed E-state index contributed by atoms with van der Waals surface area (Å²) in [7, 11) is 0. The molecule has 22 heavy (non-hydrogen) atoms. The van der Waals surface area contributed by atoms with Gasteiger partial charge in [-0.1, -0.05) is 0 Å². The number of rotatable bonds is 3. The minimum absolute atomic E-state index is 0.0677. The zero-order chi connectivity index (χ0) is 15.7. The van der Waals surface area contributed by atoms with Gasteiger partial charge < -0.3 is 4.74 Å². The minimum Gasteiger partial charge on any atom is -0.461 e. The van der Waals surface area contributed by atoms with Crippen molar-refractivity contribution in [1.82, 2.24) is 19.7 Å². The van der Waals surface area contributed by atoms with E-state index in [0.717, 1.165) is 4.68 Å². The van der Waals surface area contributed by atoms with Crippen molar-refractivity contribution in [1.29, 1.82) is 0 Å². The number of carbonyl (C=O) groups is 1.